The summed E-state index contributed by atoms with van der Waals surface area (Å²) in [4.78, 5) is 19.8. The van der Waals surface area contributed by atoms with E-state index in [1.807, 2.05) is 30.5 Å². The molecule has 3 aromatic rings. The van der Waals surface area contributed by atoms with Crippen molar-refractivity contribution in [3.05, 3.63) is 35.0 Å². The smallest absolute Gasteiger partial charge is 0.359 e. The molecule has 3 atom stereocenters. The lowest BCUT2D eigenvalue weighted by molar-refractivity contribution is -0.0772. The first kappa shape index (κ1) is 15.8. The Morgan fingerprint density at radius 3 is 3.00 bits per heavy atom. The highest BCUT2D eigenvalue weighted by Crippen LogP contribution is 2.58. The van der Waals surface area contributed by atoms with Gasteiger partial charge in [0.25, 0.3) is 0 Å². The van der Waals surface area contributed by atoms with E-state index in [0.717, 1.165) is 40.3 Å². The number of aromatic nitrogens is 3. The molecule has 0 amide bonds. The van der Waals surface area contributed by atoms with Crippen LogP contribution in [0, 0.1) is 12.8 Å². The molecule has 2 aliphatic heterocycles. The molecule has 0 bridgehead atoms. The van der Waals surface area contributed by atoms with E-state index in [1.54, 1.807) is 11.3 Å². The third kappa shape index (κ3) is 2.12. The summed E-state index contributed by atoms with van der Waals surface area (Å²) in [5, 5.41) is 11.1. The lowest BCUT2D eigenvalue weighted by Crippen LogP contribution is -2.63. The molecule has 1 aromatic carbocycles. The Morgan fingerprint density at radius 2 is 2.33 bits per heavy atom. The van der Waals surface area contributed by atoms with Crippen LogP contribution in [0.25, 0.3) is 21.5 Å². The molecular weight excluding hydrogens is 360 g/mol. The average molecular weight is 380 g/mol. The Labute approximate surface area is 160 Å². The molecule has 2 aromatic heterocycles. The zero-order valence-corrected chi connectivity index (χ0v) is 15.9. The van der Waals surface area contributed by atoms with E-state index in [1.165, 1.54) is 19.3 Å². The van der Waals surface area contributed by atoms with Crippen LogP contribution in [0.4, 0.5) is 0 Å². The van der Waals surface area contributed by atoms with Gasteiger partial charge in [-0.05, 0) is 38.3 Å². The molecule has 1 aliphatic carbocycles. The molecule has 6 nitrogen and oxygen atoms in total. The highest BCUT2D eigenvalue weighted by atomic mass is 32.1. The van der Waals surface area contributed by atoms with Crippen molar-refractivity contribution in [3.8, 4) is 10.6 Å². The number of fused-ring (bicyclic) bond motifs is 1. The van der Waals surface area contributed by atoms with Gasteiger partial charge in [-0.25, -0.2) is 9.78 Å². The van der Waals surface area contributed by atoms with Crippen molar-refractivity contribution in [3.63, 3.8) is 0 Å². The van der Waals surface area contributed by atoms with Crippen LogP contribution in [0.15, 0.2) is 23.6 Å². The predicted octanol–water partition coefficient (Wildman–Crippen LogP) is 3.39. The second kappa shape index (κ2) is 5.39. The molecule has 6 rings (SSSR count). The summed E-state index contributed by atoms with van der Waals surface area (Å²) in [6.45, 7) is 4.02. The van der Waals surface area contributed by atoms with Crippen LogP contribution in [0.2, 0.25) is 0 Å². The number of aromatic amines is 1. The Balaban J connectivity index is 1.26. The van der Waals surface area contributed by atoms with Crippen LogP contribution >= 0.6 is 11.3 Å². The molecular formula is C20H20N4O2S. The first-order valence-electron chi connectivity index (χ1n) is 9.51. The summed E-state index contributed by atoms with van der Waals surface area (Å²) in [6.07, 6.45) is 3.71. The standard InChI is InChI=1S/C20H20N4O2S/c1-11-10-27-18(21-11)12-2-3-13-15(8-12)22-23-17(13)19(25)26-16-9-24-7-6-20(24)5-4-14(16)20/h2-3,8,10,14,16H,4-7,9H2,1H3,(H,22,23). The van der Waals surface area contributed by atoms with Gasteiger partial charge in [-0.15, -0.1) is 11.3 Å². The maximum absolute atomic E-state index is 12.8. The van der Waals surface area contributed by atoms with Crippen molar-refractivity contribution in [2.24, 2.45) is 5.92 Å². The van der Waals surface area contributed by atoms with Crippen LogP contribution in [0.1, 0.15) is 35.4 Å². The zero-order valence-electron chi connectivity index (χ0n) is 15.1. The molecule has 1 N–H and O–H groups in total. The summed E-state index contributed by atoms with van der Waals surface area (Å²) < 4.78 is 5.92. The Kier molecular flexibility index (Phi) is 3.15. The minimum absolute atomic E-state index is 0.0121. The molecule has 27 heavy (non-hydrogen) atoms. The maximum atomic E-state index is 12.8. The number of ether oxygens (including phenoxy) is 1. The fourth-order valence-electron chi connectivity index (χ4n) is 5.16. The van der Waals surface area contributed by atoms with E-state index in [-0.39, 0.29) is 12.1 Å². The quantitative estimate of drug-likeness (QED) is 0.705. The Morgan fingerprint density at radius 1 is 1.41 bits per heavy atom. The fraction of sp³-hybridized carbons (Fsp3) is 0.450. The van der Waals surface area contributed by atoms with Crippen molar-refractivity contribution >= 4 is 28.2 Å². The molecule has 7 heteroatoms. The molecule has 138 valence electrons. The highest BCUT2D eigenvalue weighted by molar-refractivity contribution is 7.13. The minimum Gasteiger partial charge on any atom is -0.456 e. The van der Waals surface area contributed by atoms with Gasteiger partial charge < -0.3 is 4.74 Å². The topological polar surface area (TPSA) is 71.1 Å². The van der Waals surface area contributed by atoms with Gasteiger partial charge in [0.1, 0.15) is 11.1 Å². The number of nitrogens with zero attached hydrogens (tertiary/aromatic N) is 3. The lowest BCUT2D eigenvalue weighted by atomic mass is 9.61. The van der Waals surface area contributed by atoms with Crippen molar-refractivity contribution < 1.29 is 9.53 Å². The van der Waals surface area contributed by atoms with Crippen molar-refractivity contribution in [1.29, 1.82) is 0 Å². The highest BCUT2D eigenvalue weighted by Gasteiger charge is 2.64. The van der Waals surface area contributed by atoms with Gasteiger partial charge in [-0.3, -0.25) is 10.00 Å². The molecule has 3 fully saturated rings. The number of hydrogen-bond donors (Lipinski definition) is 1. The van der Waals surface area contributed by atoms with Gasteiger partial charge in [0.05, 0.1) is 5.52 Å². The van der Waals surface area contributed by atoms with Gasteiger partial charge in [-0.2, -0.15) is 5.10 Å². The molecule has 0 radical (unpaired) electrons. The maximum Gasteiger partial charge on any atom is 0.359 e. The van der Waals surface area contributed by atoms with Crippen LogP contribution < -0.4 is 0 Å². The summed E-state index contributed by atoms with van der Waals surface area (Å²) in [5.41, 5.74) is 3.62. The minimum atomic E-state index is -0.311. The molecule has 1 saturated carbocycles. The van der Waals surface area contributed by atoms with Crippen LogP contribution in [-0.2, 0) is 4.74 Å². The number of esters is 1. The van der Waals surface area contributed by atoms with Crippen LogP contribution in [0.5, 0.6) is 0 Å². The van der Waals surface area contributed by atoms with E-state index < -0.39 is 0 Å². The van der Waals surface area contributed by atoms with Gasteiger partial charge in [0.15, 0.2) is 5.69 Å². The number of benzene rings is 1. The van der Waals surface area contributed by atoms with Gasteiger partial charge in [0.2, 0.25) is 0 Å². The second-order valence-corrected chi connectivity index (χ2v) is 8.87. The Hall–Kier alpha value is -2.25. The predicted molar refractivity (Wildman–Crippen MR) is 103 cm³/mol. The van der Waals surface area contributed by atoms with E-state index in [0.29, 0.717) is 17.2 Å². The van der Waals surface area contributed by atoms with E-state index in [4.69, 9.17) is 4.74 Å². The first-order valence-corrected chi connectivity index (χ1v) is 10.4. The fourth-order valence-corrected chi connectivity index (χ4v) is 5.96. The molecule has 3 unspecified atom stereocenters. The van der Waals surface area contributed by atoms with Crippen molar-refractivity contribution in [2.45, 2.75) is 37.8 Å². The monoisotopic (exact) mass is 380 g/mol. The van der Waals surface area contributed by atoms with E-state index in [2.05, 4.69) is 20.1 Å². The number of thiazole rings is 1. The third-order valence-corrected chi connectivity index (χ3v) is 7.76. The number of carbonyl (C=O) groups excluding carboxylic acids is 1. The number of aryl methyl sites for hydroxylation is 1. The van der Waals surface area contributed by atoms with Crippen molar-refractivity contribution in [1.82, 2.24) is 20.1 Å². The summed E-state index contributed by atoms with van der Waals surface area (Å²) in [6, 6.07) is 5.93. The van der Waals surface area contributed by atoms with Gasteiger partial charge in [0, 0.05) is 46.6 Å². The van der Waals surface area contributed by atoms with Crippen molar-refractivity contribution in [2.75, 3.05) is 13.1 Å². The second-order valence-electron chi connectivity index (χ2n) is 8.02. The summed E-state index contributed by atoms with van der Waals surface area (Å²) in [5.74, 6) is 0.203. The van der Waals surface area contributed by atoms with Gasteiger partial charge >= 0.3 is 5.97 Å². The zero-order chi connectivity index (χ0) is 18.2. The summed E-state index contributed by atoms with van der Waals surface area (Å²) >= 11 is 1.62. The van der Waals surface area contributed by atoms with Gasteiger partial charge in [-0.1, -0.05) is 6.07 Å². The number of rotatable bonds is 3. The normalized spacial score (nSPS) is 29.1. The average Bonchev–Trinajstić information content (AvgIpc) is 3.25. The number of H-pyrrole nitrogens is 1. The SMILES string of the molecule is Cc1csc(-c2ccc3c(C(=O)OC4CN5CCC56CCC46)n[nH]c3c2)n1. The first-order chi connectivity index (χ1) is 13.1. The third-order valence-electron chi connectivity index (χ3n) is 6.75. The largest absolute Gasteiger partial charge is 0.456 e. The lowest BCUT2D eigenvalue weighted by Gasteiger charge is -2.57. The molecule has 1 spiro atoms. The molecule has 4 heterocycles. The number of carbonyl (C=O) groups is 1. The summed E-state index contributed by atoms with van der Waals surface area (Å²) in [7, 11) is 0. The molecule has 3 aliphatic rings. The number of nitrogens with one attached hydrogen (secondary N) is 1. The van der Waals surface area contributed by atoms with Crippen LogP contribution in [-0.4, -0.2) is 50.8 Å². The van der Waals surface area contributed by atoms with Crippen LogP contribution in [0.3, 0.4) is 0 Å². The molecule has 2 saturated heterocycles. The Bertz CT molecular complexity index is 1070. The van der Waals surface area contributed by atoms with E-state index in [9.17, 15) is 4.79 Å². The van der Waals surface area contributed by atoms with E-state index >= 15 is 0 Å². The number of hydrogen-bond acceptors (Lipinski definition) is 6.